The standard InChI is InChI=1S/C12H17N3O5S/c1-13(2)21(19,20)11-6-4-10(5-7-11)14(3)12(16)8-9-15(17)18/h4-7H,8-9H2,1-3H3. The van der Waals surface area contributed by atoms with Crippen molar-refractivity contribution in [2.24, 2.45) is 0 Å². The third kappa shape index (κ3) is 4.23. The van der Waals surface area contributed by atoms with Gasteiger partial charge in [0.05, 0.1) is 11.3 Å². The average molecular weight is 315 g/mol. The molecule has 0 saturated carbocycles. The molecule has 9 heteroatoms. The molecule has 0 radical (unpaired) electrons. The first-order valence-electron chi connectivity index (χ1n) is 6.07. The maximum absolute atomic E-state index is 11.9. The van der Waals surface area contributed by atoms with Crippen LogP contribution in [-0.4, -0.2) is 51.2 Å². The molecule has 0 fully saturated rings. The molecule has 0 spiro atoms. The number of carbonyl (C=O) groups excluding carboxylic acids is 1. The number of sulfonamides is 1. The summed E-state index contributed by atoms with van der Waals surface area (Å²) in [4.78, 5) is 22.8. The number of amides is 1. The number of hydrogen-bond donors (Lipinski definition) is 0. The lowest BCUT2D eigenvalue weighted by molar-refractivity contribution is -0.478. The molecule has 0 aliphatic rings. The first kappa shape index (κ1) is 17.1. The van der Waals surface area contributed by atoms with Crippen molar-refractivity contribution < 1.29 is 18.1 Å². The maximum Gasteiger partial charge on any atom is 0.242 e. The number of hydrogen-bond acceptors (Lipinski definition) is 5. The second kappa shape index (κ2) is 6.64. The minimum Gasteiger partial charge on any atom is -0.315 e. The molecular formula is C12H17N3O5S. The van der Waals surface area contributed by atoms with Crippen molar-refractivity contribution in [1.29, 1.82) is 0 Å². The highest BCUT2D eigenvalue weighted by Gasteiger charge is 2.18. The molecule has 0 unspecified atom stereocenters. The fourth-order valence-corrected chi connectivity index (χ4v) is 2.45. The first-order valence-corrected chi connectivity index (χ1v) is 7.51. The molecule has 0 aromatic heterocycles. The Morgan fingerprint density at radius 2 is 1.71 bits per heavy atom. The molecule has 1 aromatic rings. The Kier molecular flexibility index (Phi) is 5.39. The molecule has 0 aliphatic carbocycles. The SMILES string of the molecule is CN(C(=O)CC[N+](=O)[O-])c1ccc(S(=O)(=O)N(C)C)cc1. The second-order valence-corrected chi connectivity index (χ2v) is 6.69. The highest BCUT2D eigenvalue weighted by molar-refractivity contribution is 7.89. The molecule has 1 rings (SSSR count). The van der Waals surface area contributed by atoms with Crippen LogP contribution in [0.4, 0.5) is 5.69 Å². The summed E-state index contributed by atoms with van der Waals surface area (Å²) in [7, 11) is 0.818. The zero-order chi connectivity index (χ0) is 16.2. The van der Waals surface area contributed by atoms with Crippen LogP contribution in [0.15, 0.2) is 29.2 Å². The minimum atomic E-state index is -3.52. The Balaban J connectivity index is 2.87. The van der Waals surface area contributed by atoms with Gasteiger partial charge in [0.25, 0.3) is 0 Å². The Hall–Kier alpha value is -2.00. The molecule has 116 valence electrons. The van der Waals surface area contributed by atoms with Gasteiger partial charge in [-0.05, 0) is 24.3 Å². The zero-order valence-electron chi connectivity index (χ0n) is 12.0. The van der Waals surface area contributed by atoms with E-state index in [4.69, 9.17) is 0 Å². The molecule has 8 nitrogen and oxygen atoms in total. The van der Waals surface area contributed by atoms with Crippen molar-refractivity contribution in [2.75, 3.05) is 32.6 Å². The van der Waals surface area contributed by atoms with Crippen LogP contribution in [0.1, 0.15) is 6.42 Å². The monoisotopic (exact) mass is 315 g/mol. The van der Waals surface area contributed by atoms with Gasteiger partial charge in [0.15, 0.2) is 0 Å². The van der Waals surface area contributed by atoms with Crippen molar-refractivity contribution in [3.05, 3.63) is 34.4 Å². The van der Waals surface area contributed by atoms with Gasteiger partial charge in [-0.15, -0.1) is 0 Å². The van der Waals surface area contributed by atoms with E-state index in [0.717, 1.165) is 4.31 Å². The molecule has 1 aromatic carbocycles. The van der Waals surface area contributed by atoms with Gasteiger partial charge in [-0.2, -0.15) is 0 Å². The van der Waals surface area contributed by atoms with Crippen LogP contribution in [0.25, 0.3) is 0 Å². The topological polar surface area (TPSA) is 101 Å². The van der Waals surface area contributed by atoms with Gasteiger partial charge < -0.3 is 4.90 Å². The lowest BCUT2D eigenvalue weighted by Crippen LogP contribution is -2.28. The summed E-state index contributed by atoms with van der Waals surface area (Å²) in [6.07, 6.45) is -0.207. The first-order chi connectivity index (χ1) is 9.66. The normalized spacial score (nSPS) is 11.4. The summed E-state index contributed by atoms with van der Waals surface area (Å²) in [5, 5.41) is 10.2. The second-order valence-electron chi connectivity index (χ2n) is 4.54. The molecule has 0 bridgehead atoms. The quantitative estimate of drug-likeness (QED) is 0.564. The van der Waals surface area contributed by atoms with Crippen LogP contribution >= 0.6 is 0 Å². The predicted molar refractivity (Wildman–Crippen MR) is 77.2 cm³/mol. The van der Waals surface area contributed by atoms with Gasteiger partial charge in [0.2, 0.25) is 22.5 Å². The van der Waals surface area contributed by atoms with Gasteiger partial charge in [0.1, 0.15) is 0 Å². The van der Waals surface area contributed by atoms with E-state index in [1.807, 2.05) is 0 Å². The summed E-state index contributed by atoms with van der Waals surface area (Å²) in [6.45, 7) is -0.434. The van der Waals surface area contributed by atoms with E-state index >= 15 is 0 Å². The summed E-state index contributed by atoms with van der Waals surface area (Å²) >= 11 is 0. The van der Waals surface area contributed by atoms with Crippen LogP contribution < -0.4 is 4.90 Å². The number of anilines is 1. The molecule has 0 atom stereocenters. The Morgan fingerprint density at radius 1 is 1.19 bits per heavy atom. The lowest BCUT2D eigenvalue weighted by Gasteiger charge is -2.17. The zero-order valence-corrected chi connectivity index (χ0v) is 12.8. The fraction of sp³-hybridized carbons (Fsp3) is 0.417. The van der Waals surface area contributed by atoms with E-state index in [9.17, 15) is 23.3 Å². The molecule has 0 heterocycles. The number of nitro groups is 1. The van der Waals surface area contributed by atoms with E-state index in [1.165, 1.54) is 50.3 Å². The van der Waals surface area contributed by atoms with Crippen LogP contribution in [0.2, 0.25) is 0 Å². The van der Waals surface area contributed by atoms with Crippen molar-refractivity contribution in [3.8, 4) is 0 Å². The highest BCUT2D eigenvalue weighted by atomic mass is 32.2. The Morgan fingerprint density at radius 3 is 2.14 bits per heavy atom. The van der Waals surface area contributed by atoms with Gasteiger partial charge in [-0.25, -0.2) is 12.7 Å². The Bertz CT molecular complexity index is 625. The van der Waals surface area contributed by atoms with E-state index in [0.29, 0.717) is 5.69 Å². The highest BCUT2D eigenvalue weighted by Crippen LogP contribution is 2.19. The van der Waals surface area contributed by atoms with Gasteiger partial charge in [0, 0.05) is 31.8 Å². The fourth-order valence-electron chi connectivity index (χ4n) is 1.55. The number of carbonyl (C=O) groups is 1. The molecule has 0 N–H and O–H groups in total. The summed E-state index contributed by atoms with van der Waals surface area (Å²) in [5.74, 6) is -0.407. The smallest absolute Gasteiger partial charge is 0.242 e. The van der Waals surface area contributed by atoms with Crippen molar-refractivity contribution in [2.45, 2.75) is 11.3 Å². The minimum absolute atomic E-state index is 0.113. The van der Waals surface area contributed by atoms with Crippen LogP contribution in [0.5, 0.6) is 0 Å². The average Bonchev–Trinajstić information content (AvgIpc) is 2.43. The van der Waals surface area contributed by atoms with Gasteiger partial charge in [-0.1, -0.05) is 0 Å². The third-order valence-corrected chi connectivity index (χ3v) is 4.71. The number of rotatable bonds is 6. The van der Waals surface area contributed by atoms with E-state index in [1.54, 1.807) is 0 Å². The predicted octanol–water partition coefficient (Wildman–Crippen LogP) is 0.567. The largest absolute Gasteiger partial charge is 0.315 e. The van der Waals surface area contributed by atoms with Crippen molar-refractivity contribution in [1.82, 2.24) is 4.31 Å². The van der Waals surface area contributed by atoms with Crippen LogP contribution in [-0.2, 0) is 14.8 Å². The van der Waals surface area contributed by atoms with Crippen molar-refractivity contribution >= 4 is 21.6 Å². The number of benzene rings is 1. The summed E-state index contributed by atoms with van der Waals surface area (Å²) < 4.78 is 24.9. The summed E-state index contributed by atoms with van der Waals surface area (Å²) in [5.41, 5.74) is 0.473. The number of nitrogens with zero attached hydrogens (tertiary/aromatic N) is 3. The third-order valence-electron chi connectivity index (χ3n) is 2.88. The molecule has 0 aliphatic heterocycles. The van der Waals surface area contributed by atoms with E-state index in [2.05, 4.69) is 0 Å². The maximum atomic E-state index is 11.9. The summed E-state index contributed by atoms with van der Waals surface area (Å²) in [6, 6.07) is 5.75. The molecule has 0 saturated heterocycles. The van der Waals surface area contributed by atoms with Crippen LogP contribution in [0, 0.1) is 10.1 Å². The van der Waals surface area contributed by atoms with Crippen LogP contribution in [0.3, 0.4) is 0 Å². The molecular weight excluding hydrogens is 298 g/mol. The van der Waals surface area contributed by atoms with Gasteiger partial charge >= 0.3 is 0 Å². The van der Waals surface area contributed by atoms with E-state index < -0.39 is 27.4 Å². The Labute approximate surface area is 123 Å². The van der Waals surface area contributed by atoms with E-state index in [-0.39, 0.29) is 11.3 Å². The molecule has 21 heavy (non-hydrogen) atoms. The van der Waals surface area contributed by atoms with Crippen molar-refractivity contribution in [3.63, 3.8) is 0 Å². The molecule has 1 amide bonds. The lowest BCUT2D eigenvalue weighted by atomic mass is 10.2. The van der Waals surface area contributed by atoms with Gasteiger partial charge in [-0.3, -0.25) is 14.9 Å².